The summed E-state index contributed by atoms with van der Waals surface area (Å²) in [6, 6.07) is 11.6. The van der Waals surface area contributed by atoms with Crippen LogP contribution in [0, 0.1) is 6.07 Å². The van der Waals surface area contributed by atoms with Crippen LogP contribution >= 0.6 is 0 Å². The van der Waals surface area contributed by atoms with Crippen LogP contribution in [0.4, 0.5) is 0 Å². The molecule has 0 atom stereocenters. The van der Waals surface area contributed by atoms with Gasteiger partial charge >= 0.3 is 0 Å². The summed E-state index contributed by atoms with van der Waals surface area (Å²) in [7, 11) is 0. The van der Waals surface area contributed by atoms with Gasteiger partial charge in [-0.25, -0.2) is 0 Å². The van der Waals surface area contributed by atoms with E-state index in [4.69, 9.17) is 4.74 Å². The molecule has 0 N–H and O–H groups in total. The smallest absolute Gasteiger partial charge is 0.0575 e. The molecule has 0 unspecified atom stereocenters. The Balaban J connectivity index is 1.68. The predicted molar refractivity (Wildman–Crippen MR) is 75.8 cm³/mol. The van der Waals surface area contributed by atoms with Crippen molar-refractivity contribution in [1.82, 2.24) is 0 Å². The Morgan fingerprint density at radius 2 is 1.83 bits per heavy atom. The van der Waals surface area contributed by atoms with E-state index in [0.717, 1.165) is 12.5 Å². The number of rotatable bonds is 6. The molecule has 1 heteroatoms. The fourth-order valence-corrected chi connectivity index (χ4v) is 2.84. The van der Waals surface area contributed by atoms with Gasteiger partial charge in [0.2, 0.25) is 0 Å². The Bertz CT molecular complexity index is 312. The molecule has 0 heterocycles. The summed E-state index contributed by atoms with van der Waals surface area (Å²) in [5.74, 6) is 0.745. The fraction of sp³-hybridized carbons (Fsp3) is 0.647. The van der Waals surface area contributed by atoms with Crippen LogP contribution in [-0.4, -0.2) is 12.7 Å². The minimum Gasteiger partial charge on any atom is -0.378 e. The highest BCUT2D eigenvalue weighted by atomic mass is 16.5. The van der Waals surface area contributed by atoms with E-state index >= 15 is 0 Å². The molecule has 0 aliphatic heterocycles. The van der Waals surface area contributed by atoms with Crippen LogP contribution in [-0.2, 0) is 4.74 Å². The Morgan fingerprint density at radius 1 is 1.11 bits per heavy atom. The molecule has 1 nitrogen and oxygen atoms in total. The van der Waals surface area contributed by atoms with Crippen molar-refractivity contribution in [1.29, 1.82) is 0 Å². The number of unbranched alkanes of at least 4 members (excludes halogenated alkanes) is 2. The average molecular weight is 245 g/mol. The lowest BCUT2D eigenvalue weighted by molar-refractivity contribution is 0.0227. The first-order chi connectivity index (χ1) is 8.90. The van der Waals surface area contributed by atoms with Gasteiger partial charge in [-0.2, -0.15) is 0 Å². The van der Waals surface area contributed by atoms with Crippen LogP contribution in [0.5, 0.6) is 0 Å². The largest absolute Gasteiger partial charge is 0.378 e. The summed E-state index contributed by atoms with van der Waals surface area (Å²) in [6.07, 6.45) is 9.35. The van der Waals surface area contributed by atoms with Gasteiger partial charge in [-0.05, 0) is 49.7 Å². The van der Waals surface area contributed by atoms with Crippen LogP contribution in [0.15, 0.2) is 24.3 Å². The molecule has 1 saturated carbocycles. The minimum atomic E-state index is 0.522. The molecule has 1 aromatic carbocycles. The third-order valence-corrected chi connectivity index (χ3v) is 3.99. The Kier molecular flexibility index (Phi) is 5.73. The van der Waals surface area contributed by atoms with Gasteiger partial charge in [0.15, 0.2) is 0 Å². The van der Waals surface area contributed by atoms with Crippen molar-refractivity contribution >= 4 is 0 Å². The zero-order chi connectivity index (χ0) is 12.6. The van der Waals surface area contributed by atoms with Crippen molar-refractivity contribution in [2.75, 3.05) is 6.61 Å². The molecule has 2 rings (SSSR count). The van der Waals surface area contributed by atoms with Gasteiger partial charge < -0.3 is 4.74 Å². The quantitative estimate of drug-likeness (QED) is 0.659. The normalized spacial score (nSPS) is 24.1. The lowest BCUT2D eigenvalue weighted by Gasteiger charge is -2.28. The van der Waals surface area contributed by atoms with Gasteiger partial charge in [-0.15, -0.1) is 0 Å². The van der Waals surface area contributed by atoms with E-state index in [0.29, 0.717) is 6.10 Å². The summed E-state index contributed by atoms with van der Waals surface area (Å²) in [5, 5.41) is 0. The van der Waals surface area contributed by atoms with Crippen LogP contribution in [0.3, 0.4) is 0 Å². The molecule has 99 valence electrons. The molecular weight excluding hydrogens is 220 g/mol. The van der Waals surface area contributed by atoms with E-state index in [1.165, 1.54) is 50.5 Å². The minimum absolute atomic E-state index is 0.522. The summed E-state index contributed by atoms with van der Waals surface area (Å²) in [5.41, 5.74) is 1.48. The highest BCUT2D eigenvalue weighted by molar-refractivity contribution is 5.19. The van der Waals surface area contributed by atoms with Crippen molar-refractivity contribution < 1.29 is 4.74 Å². The molecule has 1 aliphatic carbocycles. The summed E-state index contributed by atoms with van der Waals surface area (Å²) in [4.78, 5) is 0. The van der Waals surface area contributed by atoms with Gasteiger partial charge in [-0.3, -0.25) is 0 Å². The molecule has 1 fully saturated rings. The van der Waals surface area contributed by atoms with Crippen LogP contribution in [0.2, 0.25) is 0 Å². The molecule has 0 saturated heterocycles. The topological polar surface area (TPSA) is 9.23 Å². The molecule has 0 amide bonds. The SMILES string of the molecule is CCCCCOC1CCC(c2cc[c]cc2)CC1. The zero-order valence-electron chi connectivity index (χ0n) is 11.5. The molecule has 1 aliphatic rings. The lowest BCUT2D eigenvalue weighted by atomic mass is 9.83. The molecular formula is C17H25O. The summed E-state index contributed by atoms with van der Waals surface area (Å²) in [6.45, 7) is 3.20. The number of hydrogen-bond acceptors (Lipinski definition) is 1. The maximum Gasteiger partial charge on any atom is 0.0575 e. The van der Waals surface area contributed by atoms with Crippen LogP contribution < -0.4 is 0 Å². The third kappa shape index (κ3) is 4.13. The second-order valence-electron chi connectivity index (χ2n) is 5.38. The van der Waals surface area contributed by atoms with Crippen molar-refractivity contribution in [3.63, 3.8) is 0 Å². The first-order valence-electron chi connectivity index (χ1n) is 7.47. The third-order valence-electron chi connectivity index (χ3n) is 3.99. The molecule has 0 spiro atoms. The van der Waals surface area contributed by atoms with Crippen LogP contribution in [0.1, 0.15) is 63.4 Å². The van der Waals surface area contributed by atoms with Gasteiger partial charge in [0.25, 0.3) is 0 Å². The van der Waals surface area contributed by atoms with Gasteiger partial charge in [0.1, 0.15) is 0 Å². The van der Waals surface area contributed by atoms with Crippen molar-refractivity contribution in [3.05, 3.63) is 35.9 Å². The molecule has 1 radical (unpaired) electrons. The molecule has 0 aromatic heterocycles. The number of ether oxygens (including phenoxy) is 1. The van der Waals surface area contributed by atoms with E-state index in [9.17, 15) is 0 Å². The standard InChI is InChI=1S/C17H25O/c1-2-3-7-14-18-17-12-10-16(11-13-17)15-8-5-4-6-9-15/h5-6,8-9,16-17H,2-3,7,10-14H2,1H3. The first kappa shape index (κ1) is 13.6. The summed E-state index contributed by atoms with van der Waals surface area (Å²) < 4.78 is 5.96. The van der Waals surface area contributed by atoms with Gasteiger partial charge in [-0.1, -0.05) is 44.0 Å². The maximum absolute atomic E-state index is 5.96. The van der Waals surface area contributed by atoms with E-state index in [1.54, 1.807) is 0 Å². The monoisotopic (exact) mass is 245 g/mol. The second-order valence-corrected chi connectivity index (χ2v) is 5.38. The van der Waals surface area contributed by atoms with Crippen molar-refractivity contribution in [2.45, 2.75) is 63.9 Å². The fourth-order valence-electron chi connectivity index (χ4n) is 2.84. The average Bonchev–Trinajstić information content (AvgIpc) is 2.45. The zero-order valence-corrected chi connectivity index (χ0v) is 11.5. The molecule has 18 heavy (non-hydrogen) atoms. The van der Waals surface area contributed by atoms with E-state index in [1.807, 2.05) is 12.1 Å². The van der Waals surface area contributed by atoms with Crippen molar-refractivity contribution in [3.8, 4) is 0 Å². The highest BCUT2D eigenvalue weighted by Crippen LogP contribution is 2.33. The highest BCUT2D eigenvalue weighted by Gasteiger charge is 2.22. The van der Waals surface area contributed by atoms with E-state index < -0.39 is 0 Å². The number of benzene rings is 1. The van der Waals surface area contributed by atoms with Gasteiger partial charge in [0.05, 0.1) is 6.10 Å². The Labute approximate surface area is 112 Å². The van der Waals surface area contributed by atoms with Crippen LogP contribution in [0.25, 0.3) is 0 Å². The maximum atomic E-state index is 5.96. The Hall–Kier alpha value is -0.820. The predicted octanol–water partition coefficient (Wildman–Crippen LogP) is 4.72. The van der Waals surface area contributed by atoms with Crippen molar-refractivity contribution in [2.24, 2.45) is 0 Å². The lowest BCUT2D eigenvalue weighted by Crippen LogP contribution is -2.21. The van der Waals surface area contributed by atoms with Gasteiger partial charge in [0, 0.05) is 6.61 Å². The van der Waals surface area contributed by atoms with E-state index in [2.05, 4.69) is 25.1 Å². The van der Waals surface area contributed by atoms with E-state index in [-0.39, 0.29) is 0 Å². The number of hydrogen-bond donors (Lipinski definition) is 0. The second kappa shape index (κ2) is 7.58. The first-order valence-corrected chi connectivity index (χ1v) is 7.47. The Morgan fingerprint density at radius 3 is 2.50 bits per heavy atom. The summed E-state index contributed by atoms with van der Waals surface area (Å²) >= 11 is 0. The molecule has 0 bridgehead atoms. The molecule has 1 aromatic rings.